The Kier molecular flexibility index (Phi) is 6.52. The molecule has 1 saturated heterocycles. The molecule has 3 heterocycles. The van der Waals surface area contributed by atoms with Gasteiger partial charge in [0.2, 0.25) is 0 Å². The van der Waals surface area contributed by atoms with E-state index in [-0.39, 0.29) is 23.7 Å². The van der Waals surface area contributed by atoms with Crippen LogP contribution in [0.5, 0.6) is 5.75 Å². The summed E-state index contributed by atoms with van der Waals surface area (Å²) in [4.78, 5) is 14.1. The summed E-state index contributed by atoms with van der Waals surface area (Å²) in [5, 5.41) is 16.3. The van der Waals surface area contributed by atoms with Gasteiger partial charge in [-0.15, -0.1) is 5.10 Å². The Morgan fingerprint density at radius 1 is 1.22 bits per heavy atom. The number of tetrazole rings is 1. The molecule has 2 atom stereocenters. The number of benzene rings is 2. The summed E-state index contributed by atoms with van der Waals surface area (Å²) in [5.74, 6) is -0.441. The van der Waals surface area contributed by atoms with Gasteiger partial charge in [0.15, 0.2) is 0 Å². The fraction of sp³-hybridized carbons (Fsp3) is 0.417. The minimum atomic E-state index is -4.68. The van der Waals surface area contributed by atoms with Crippen molar-refractivity contribution in [2.45, 2.75) is 37.5 Å². The first kappa shape index (κ1) is 24.0. The lowest BCUT2D eigenvalue weighted by Gasteiger charge is -2.39. The third kappa shape index (κ3) is 4.72. The number of fused-ring (bicyclic) bond motifs is 1. The van der Waals surface area contributed by atoms with Gasteiger partial charge in [0, 0.05) is 50.6 Å². The minimum Gasteiger partial charge on any atom is -0.493 e. The average molecular weight is 502 g/mol. The number of aromatic nitrogens is 4. The highest BCUT2D eigenvalue weighted by atomic mass is 19.4. The first-order valence-corrected chi connectivity index (χ1v) is 11.7. The van der Waals surface area contributed by atoms with E-state index in [1.165, 1.54) is 0 Å². The van der Waals surface area contributed by atoms with E-state index in [0.29, 0.717) is 38.4 Å². The summed E-state index contributed by atoms with van der Waals surface area (Å²) in [6.07, 6.45) is -3.36. The molecule has 36 heavy (non-hydrogen) atoms. The lowest BCUT2D eigenvalue weighted by Crippen LogP contribution is -2.51. The number of hydrogen-bond donors (Lipinski definition) is 2. The maximum Gasteiger partial charge on any atom is 0.453 e. The zero-order valence-electron chi connectivity index (χ0n) is 19.6. The number of rotatable bonds is 5. The van der Waals surface area contributed by atoms with Crippen molar-refractivity contribution < 1.29 is 22.7 Å². The molecule has 0 unspecified atom stereocenters. The Hall–Kier alpha value is -3.67. The molecule has 3 aromatic rings. The number of piperidine rings is 1. The number of carbonyl (C=O) groups is 1. The number of halogens is 3. The Bertz CT molecular complexity index is 1230. The van der Waals surface area contributed by atoms with Crippen LogP contribution in [0, 0.1) is 0 Å². The molecule has 2 aliphatic rings. The number of ether oxygens (including phenoxy) is 1. The second-order valence-corrected chi connectivity index (χ2v) is 8.90. The van der Waals surface area contributed by atoms with E-state index >= 15 is 0 Å². The predicted molar refractivity (Wildman–Crippen MR) is 124 cm³/mol. The first-order chi connectivity index (χ1) is 17.3. The second kappa shape index (κ2) is 9.76. The van der Waals surface area contributed by atoms with Crippen molar-refractivity contribution in [1.29, 1.82) is 0 Å². The van der Waals surface area contributed by atoms with E-state index in [9.17, 15) is 18.0 Å². The van der Waals surface area contributed by atoms with Gasteiger partial charge >= 0.3 is 12.2 Å². The molecule has 0 bridgehead atoms. The number of urea groups is 1. The van der Waals surface area contributed by atoms with Crippen molar-refractivity contribution in [2.75, 3.05) is 26.7 Å². The number of alkyl halides is 3. The largest absolute Gasteiger partial charge is 0.493 e. The van der Waals surface area contributed by atoms with Crippen LogP contribution in [0.4, 0.5) is 18.0 Å². The highest BCUT2D eigenvalue weighted by Gasteiger charge is 2.39. The fourth-order valence-electron chi connectivity index (χ4n) is 4.98. The summed E-state index contributed by atoms with van der Waals surface area (Å²) < 4.78 is 46.8. The minimum absolute atomic E-state index is 0.0470. The molecule has 9 nitrogen and oxygen atoms in total. The average Bonchev–Trinajstić information content (AvgIpc) is 3.57. The molecule has 2 N–H and O–H groups in total. The van der Waals surface area contributed by atoms with E-state index in [1.54, 1.807) is 24.1 Å². The third-order valence-electron chi connectivity index (χ3n) is 6.71. The van der Waals surface area contributed by atoms with Crippen LogP contribution in [0.15, 0.2) is 42.5 Å². The summed E-state index contributed by atoms with van der Waals surface area (Å²) in [5.41, 5.74) is 2.91. The van der Waals surface area contributed by atoms with Crippen LogP contribution in [-0.4, -0.2) is 63.9 Å². The highest BCUT2D eigenvalue weighted by Crippen LogP contribution is 2.35. The lowest BCUT2D eigenvalue weighted by atomic mass is 9.86. The monoisotopic (exact) mass is 501 g/mol. The molecule has 190 valence electrons. The molecule has 2 aliphatic heterocycles. The van der Waals surface area contributed by atoms with Crippen molar-refractivity contribution >= 4 is 6.03 Å². The summed E-state index contributed by atoms with van der Waals surface area (Å²) in [6, 6.07) is 13.2. The third-order valence-corrected chi connectivity index (χ3v) is 6.71. The summed E-state index contributed by atoms with van der Waals surface area (Å²) >= 11 is 0. The predicted octanol–water partition coefficient (Wildman–Crippen LogP) is 2.90. The zero-order valence-corrected chi connectivity index (χ0v) is 19.6. The van der Waals surface area contributed by atoms with Crippen LogP contribution in [0.3, 0.4) is 0 Å². The number of likely N-dealkylation sites (tertiary alicyclic amines) is 1. The van der Waals surface area contributed by atoms with Gasteiger partial charge in [0.1, 0.15) is 5.75 Å². The van der Waals surface area contributed by atoms with Crippen molar-refractivity contribution in [3.63, 3.8) is 0 Å². The van der Waals surface area contributed by atoms with Gasteiger partial charge in [-0.25, -0.2) is 4.79 Å². The van der Waals surface area contributed by atoms with Gasteiger partial charge in [0.05, 0.1) is 12.3 Å². The van der Waals surface area contributed by atoms with Gasteiger partial charge in [-0.05, 0) is 40.1 Å². The van der Waals surface area contributed by atoms with Crippen molar-refractivity contribution in [1.82, 2.24) is 35.7 Å². The molecule has 2 amide bonds. The standard InChI is InChI=1S/C24H26F3N7O2/c1-28-23(35)33-9-7-20(19(14-33)15-5-3-2-4-6-15)29-13-17-12-18(11-16-8-10-36-21(16)17)34-22(24(25,26)27)30-31-32-34/h2-6,11-12,19-20,29H,7-10,13-14H2,1H3,(H,28,35)/t19-,20-/m1/s1. The van der Waals surface area contributed by atoms with Gasteiger partial charge in [-0.3, -0.25) is 0 Å². The number of hydrogen-bond acceptors (Lipinski definition) is 6. The lowest BCUT2D eigenvalue weighted by molar-refractivity contribution is -0.146. The van der Waals surface area contributed by atoms with Crippen molar-refractivity contribution in [3.8, 4) is 11.4 Å². The van der Waals surface area contributed by atoms with E-state index in [2.05, 4.69) is 26.2 Å². The quantitative estimate of drug-likeness (QED) is 0.558. The molecule has 1 aromatic heterocycles. The number of nitrogens with one attached hydrogen (secondary N) is 2. The van der Waals surface area contributed by atoms with Crippen LogP contribution in [0.25, 0.3) is 5.69 Å². The highest BCUT2D eigenvalue weighted by molar-refractivity contribution is 5.74. The molecular weight excluding hydrogens is 475 g/mol. The van der Waals surface area contributed by atoms with E-state index < -0.39 is 12.0 Å². The normalized spacial score (nSPS) is 19.6. The Morgan fingerprint density at radius 3 is 2.78 bits per heavy atom. The Balaban J connectivity index is 1.41. The number of nitrogens with zero attached hydrogens (tertiary/aromatic N) is 5. The van der Waals surface area contributed by atoms with Gasteiger partial charge < -0.3 is 20.3 Å². The molecule has 5 rings (SSSR count). The van der Waals surface area contributed by atoms with Crippen LogP contribution in [-0.2, 0) is 19.1 Å². The van der Waals surface area contributed by atoms with E-state index in [1.807, 2.05) is 30.3 Å². The molecule has 1 fully saturated rings. The fourth-order valence-corrected chi connectivity index (χ4v) is 4.98. The molecular formula is C24H26F3N7O2. The topological polar surface area (TPSA) is 97.2 Å². The van der Waals surface area contributed by atoms with Gasteiger partial charge in [0.25, 0.3) is 5.82 Å². The van der Waals surface area contributed by atoms with E-state index in [4.69, 9.17) is 4.74 Å². The first-order valence-electron chi connectivity index (χ1n) is 11.7. The molecule has 0 saturated carbocycles. The maximum absolute atomic E-state index is 13.4. The van der Waals surface area contributed by atoms with Gasteiger partial charge in [-0.2, -0.15) is 17.9 Å². The molecule has 0 aliphatic carbocycles. The van der Waals surface area contributed by atoms with E-state index in [0.717, 1.165) is 27.8 Å². The Morgan fingerprint density at radius 2 is 2.03 bits per heavy atom. The smallest absolute Gasteiger partial charge is 0.453 e. The van der Waals surface area contributed by atoms with Crippen molar-refractivity contribution in [2.24, 2.45) is 0 Å². The number of amides is 2. The zero-order chi connectivity index (χ0) is 25.3. The SMILES string of the molecule is CNC(=O)N1CC[C@@H](NCc2cc(-n3nnnc3C(F)(F)F)cc3c2OCC3)[C@@H](c2ccccc2)C1. The molecule has 0 spiro atoms. The molecule has 0 radical (unpaired) electrons. The van der Waals surface area contributed by atoms with Gasteiger partial charge in [-0.1, -0.05) is 30.3 Å². The summed E-state index contributed by atoms with van der Waals surface area (Å²) in [6.45, 7) is 1.99. The number of carbonyl (C=O) groups excluding carboxylic acids is 1. The molecule has 12 heteroatoms. The summed E-state index contributed by atoms with van der Waals surface area (Å²) in [7, 11) is 1.62. The van der Waals surface area contributed by atoms with Crippen molar-refractivity contribution in [3.05, 3.63) is 65.0 Å². The maximum atomic E-state index is 13.4. The molecule has 2 aromatic carbocycles. The van der Waals surface area contributed by atoms with Crippen LogP contribution in [0.2, 0.25) is 0 Å². The van der Waals surface area contributed by atoms with Crippen LogP contribution in [0.1, 0.15) is 34.9 Å². The second-order valence-electron chi connectivity index (χ2n) is 8.90. The van der Waals surface area contributed by atoms with Crippen LogP contribution < -0.4 is 15.4 Å². The van der Waals surface area contributed by atoms with Crippen LogP contribution >= 0.6 is 0 Å². The Labute approximate surface area is 205 Å².